The minimum absolute atomic E-state index is 0.0922. The van der Waals surface area contributed by atoms with E-state index in [0.717, 1.165) is 19.0 Å². The Balaban J connectivity index is 1.72. The van der Waals surface area contributed by atoms with Crippen molar-refractivity contribution in [3.8, 4) is 0 Å². The lowest BCUT2D eigenvalue weighted by atomic mass is 10.2. The molecular weight excluding hydrogens is 516 g/mol. The normalized spacial score (nSPS) is 12.1. The fraction of sp³-hybridized carbons (Fsp3) is 0.0952. The van der Waals surface area contributed by atoms with Crippen LogP contribution >= 0.6 is 27.3 Å². The molecule has 0 atom stereocenters. The number of carbonyl (C=O) groups is 1. The first-order valence-electron chi connectivity index (χ1n) is 9.26. The summed E-state index contributed by atoms with van der Waals surface area (Å²) in [5.74, 6) is 0.0128. The van der Waals surface area contributed by atoms with Crippen LogP contribution in [0, 0.1) is 0 Å². The predicted molar refractivity (Wildman–Crippen MR) is 128 cm³/mol. The van der Waals surface area contributed by atoms with E-state index in [1.165, 1.54) is 67.2 Å². The monoisotopic (exact) mass is 532 g/mol. The first-order chi connectivity index (χ1) is 15.3. The van der Waals surface area contributed by atoms with Gasteiger partial charge in [-0.25, -0.2) is 17.7 Å². The summed E-state index contributed by atoms with van der Waals surface area (Å²) in [4.78, 5) is 18.0. The van der Waals surface area contributed by atoms with E-state index in [2.05, 4.69) is 26.0 Å². The standard InChI is InChI=1S/C21H17BrN4O4S2/c1-25(2)32(28,29)17-8-5-14(6-9-17)20(27)26(23-13-16-4-3-11-30-16)21-24-18-10-7-15(22)12-19(18)31-21/h3-13H,1-2H3/b23-13+. The lowest BCUT2D eigenvalue weighted by Gasteiger charge is -2.15. The molecule has 164 valence electrons. The van der Waals surface area contributed by atoms with Crippen molar-refractivity contribution in [3.63, 3.8) is 0 Å². The zero-order valence-electron chi connectivity index (χ0n) is 17.0. The van der Waals surface area contributed by atoms with Gasteiger partial charge in [-0.1, -0.05) is 27.3 Å². The number of carbonyl (C=O) groups excluding carboxylic acids is 1. The Morgan fingerprint density at radius 3 is 2.56 bits per heavy atom. The quantitative estimate of drug-likeness (QED) is 0.267. The number of hydrogen-bond donors (Lipinski definition) is 0. The molecule has 2 aromatic carbocycles. The third kappa shape index (κ3) is 4.51. The van der Waals surface area contributed by atoms with Crippen molar-refractivity contribution in [2.24, 2.45) is 5.10 Å². The van der Waals surface area contributed by atoms with E-state index in [1.54, 1.807) is 12.1 Å². The highest BCUT2D eigenvalue weighted by Crippen LogP contribution is 2.32. The molecule has 8 nitrogen and oxygen atoms in total. The molecule has 0 saturated heterocycles. The van der Waals surface area contributed by atoms with Crippen molar-refractivity contribution in [1.82, 2.24) is 9.29 Å². The first-order valence-corrected chi connectivity index (χ1v) is 12.3. The van der Waals surface area contributed by atoms with Crippen LogP contribution in [0.2, 0.25) is 0 Å². The average molecular weight is 533 g/mol. The summed E-state index contributed by atoms with van der Waals surface area (Å²) in [7, 11) is -0.703. The van der Waals surface area contributed by atoms with Crippen LogP contribution < -0.4 is 5.01 Å². The number of thiazole rings is 1. The van der Waals surface area contributed by atoms with Gasteiger partial charge in [0.25, 0.3) is 5.91 Å². The Hall–Kier alpha value is -2.86. The molecule has 2 heterocycles. The zero-order chi connectivity index (χ0) is 22.9. The van der Waals surface area contributed by atoms with Gasteiger partial charge >= 0.3 is 0 Å². The number of anilines is 1. The number of amides is 1. The number of fused-ring (bicyclic) bond motifs is 1. The van der Waals surface area contributed by atoms with Gasteiger partial charge in [-0.3, -0.25) is 4.79 Å². The largest absolute Gasteiger partial charge is 0.463 e. The second kappa shape index (κ2) is 8.94. The molecular formula is C21H17BrN4O4S2. The zero-order valence-corrected chi connectivity index (χ0v) is 20.2. The summed E-state index contributed by atoms with van der Waals surface area (Å²) in [5.41, 5.74) is 0.992. The van der Waals surface area contributed by atoms with E-state index in [-0.39, 0.29) is 10.5 Å². The lowest BCUT2D eigenvalue weighted by Crippen LogP contribution is -2.26. The Morgan fingerprint density at radius 1 is 1.16 bits per heavy atom. The Morgan fingerprint density at radius 2 is 1.91 bits per heavy atom. The molecule has 2 aromatic heterocycles. The minimum Gasteiger partial charge on any atom is -0.463 e. The molecule has 0 N–H and O–H groups in total. The highest BCUT2D eigenvalue weighted by molar-refractivity contribution is 9.10. The molecule has 0 spiro atoms. The summed E-state index contributed by atoms with van der Waals surface area (Å²) in [6.45, 7) is 0. The maximum atomic E-state index is 13.3. The van der Waals surface area contributed by atoms with E-state index in [0.29, 0.717) is 10.9 Å². The fourth-order valence-electron chi connectivity index (χ4n) is 2.75. The molecule has 11 heteroatoms. The Labute approximate surface area is 197 Å². The van der Waals surface area contributed by atoms with Crippen LogP contribution in [0.5, 0.6) is 0 Å². The van der Waals surface area contributed by atoms with Crippen LogP contribution in [-0.4, -0.2) is 43.9 Å². The molecule has 0 aliphatic heterocycles. The third-order valence-corrected chi connectivity index (χ3v) is 7.75. The van der Waals surface area contributed by atoms with E-state index < -0.39 is 15.9 Å². The lowest BCUT2D eigenvalue weighted by molar-refractivity contribution is 0.0987. The first kappa shape index (κ1) is 22.3. The highest BCUT2D eigenvalue weighted by Gasteiger charge is 2.23. The minimum atomic E-state index is -3.60. The SMILES string of the molecule is CN(C)S(=O)(=O)c1ccc(C(=O)N(/N=C/c2ccco2)c2nc3ccc(Br)cc3s2)cc1. The number of rotatable bonds is 6. The van der Waals surface area contributed by atoms with Gasteiger partial charge in [0.1, 0.15) is 5.76 Å². The van der Waals surface area contributed by atoms with Crippen molar-refractivity contribution < 1.29 is 17.6 Å². The molecule has 0 aliphatic carbocycles. The molecule has 0 unspecified atom stereocenters. The Kier molecular flexibility index (Phi) is 6.24. The summed E-state index contributed by atoms with van der Waals surface area (Å²) in [5, 5.41) is 5.85. The molecule has 4 rings (SSSR count). The van der Waals surface area contributed by atoms with Crippen molar-refractivity contribution in [3.05, 3.63) is 76.7 Å². The number of aromatic nitrogens is 1. The van der Waals surface area contributed by atoms with Gasteiger partial charge in [-0.05, 0) is 54.6 Å². The number of nitrogens with zero attached hydrogens (tertiary/aromatic N) is 4. The Bertz CT molecular complexity index is 1400. The molecule has 0 fully saturated rings. The number of halogens is 1. The van der Waals surface area contributed by atoms with Crippen molar-refractivity contribution >= 4 is 64.8 Å². The molecule has 0 bridgehead atoms. The van der Waals surface area contributed by atoms with Crippen molar-refractivity contribution in [2.45, 2.75) is 4.90 Å². The van der Waals surface area contributed by atoms with Crippen LogP contribution in [0.25, 0.3) is 10.2 Å². The molecule has 0 aliphatic rings. The van der Waals surface area contributed by atoms with E-state index in [9.17, 15) is 13.2 Å². The van der Waals surface area contributed by atoms with Gasteiger partial charge in [-0.2, -0.15) is 10.1 Å². The molecule has 0 radical (unpaired) electrons. The van der Waals surface area contributed by atoms with Crippen molar-refractivity contribution in [1.29, 1.82) is 0 Å². The van der Waals surface area contributed by atoms with E-state index in [1.807, 2.05) is 18.2 Å². The van der Waals surface area contributed by atoms with E-state index in [4.69, 9.17) is 4.42 Å². The maximum absolute atomic E-state index is 13.3. The second-order valence-electron chi connectivity index (χ2n) is 6.80. The topological polar surface area (TPSA) is 96.1 Å². The smallest absolute Gasteiger partial charge is 0.280 e. The molecule has 32 heavy (non-hydrogen) atoms. The van der Waals surface area contributed by atoms with Gasteiger partial charge in [0.05, 0.1) is 27.6 Å². The van der Waals surface area contributed by atoms with Crippen LogP contribution in [0.3, 0.4) is 0 Å². The molecule has 1 amide bonds. The van der Waals surface area contributed by atoms with Crippen LogP contribution in [0.1, 0.15) is 16.1 Å². The second-order valence-corrected chi connectivity index (χ2v) is 10.9. The summed E-state index contributed by atoms with van der Waals surface area (Å²) in [6, 6.07) is 14.8. The average Bonchev–Trinajstić information content (AvgIpc) is 3.43. The molecule has 0 saturated carbocycles. The third-order valence-electron chi connectivity index (χ3n) is 4.44. The van der Waals surface area contributed by atoms with Crippen LogP contribution in [0.15, 0.2) is 79.7 Å². The molecule has 4 aromatic rings. The van der Waals surface area contributed by atoms with E-state index >= 15 is 0 Å². The van der Waals surface area contributed by atoms with Crippen LogP contribution in [-0.2, 0) is 10.0 Å². The van der Waals surface area contributed by atoms with Gasteiger partial charge < -0.3 is 4.42 Å². The summed E-state index contributed by atoms with van der Waals surface area (Å²) in [6.07, 6.45) is 2.93. The number of sulfonamides is 1. The predicted octanol–water partition coefficient (Wildman–Crippen LogP) is 4.58. The van der Waals surface area contributed by atoms with Gasteiger partial charge in [-0.15, -0.1) is 0 Å². The number of hydrogen-bond acceptors (Lipinski definition) is 7. The van der Waals surface area contributed by atoms with Gasteiger partial charge in [0.2, 0.25) is 15.2 Å². The highest BCUT2D eigenvalue weighted by atomic mass is 79.9. The maximum Gasteiger partial charge on any atom is 0.280 e. The van der Waals surface area contributed by atoms with Crippen LogP contribution in [0.4, 0.5) is 5.13 Å². The number of hydrazone groups is 1. The van der Waals surface area contributed by atoms with Crippen molar-refractivity contribution in [2.75, 3.05) is 19.1 Å². The summed E-state index contributed by atoms with van der Waals surface area (Å²) >= 11 is 4.75. The van der Waals surface area contributed by atoms with Gasteiger partial charge in [0, 0.05) is 24.1 Å². The fourth-order valence-corrected chi connectivity index (χ4v) is 5.12. The number of furan rings is 1. The van der Waals surface area contributed by atoms with Gasteiger partial charge in [0.15, 0.2) is 0 Å². The number of benzene rings is 2. The summed E-state index contributed by atoms with van der Waals surface area (Å²) < 4.78 is 32.8.